The summed E-state index contributed by atoms with van der Waals surface area (Å²) in [6, 6.07) is 2.29. The number of nitrogens with one attached hydrogen (secondary N) is 1. The molecule has 0 fully saturated rings. The smallest absolute Gasteiger partial charge is 0.341 e. The van der Waals surface area contributed by atoms with E-state index in [1.807, 2.05) is 22.6 Å². The van der Waals surface area contributed by atoms with Crippen LogP contribution >= 0.6 is 22.6 Å². The summed E-state index contributed by atoms with van der Waals surface area (Å²) in [5, 5.41) is 8.79. The van der Waals surface area contributed by atoms with Gasteiger partial charge >= 0.3 is 5.97 Å². The molecule has 0 amide bonds. The van der Waals surface area contributed by atoms with Crippen LogP contribution in [0.3, 0.4) is 0 Å². The summed E-state index contributed by atoms with van der Waals surface area (Å²) in [6.45, 7) is 0. The second-order valence-corrected chi connectivity index (χ2v) is 4.31. The van der Waals surface area contributed by atoms with Gasteiger partial charge < -0.3 is 10.1 Å². The third-order valence-corrected chi connectivity index (χ3v) is 2.99. The lowest BCUT2D eigenvalue weighted by Gasteiger charge is -2.02. The second kappa shape index (κ2) is 3.85. The van der Waals surface area contributed by atoms with E-state index in [1.165, 1.54) is 6.07 Å². The van der Waals surface area contributed by atoms with E-state index in [-0.39, 0.29) is 5.39 Å². The van der Waals surface area contributed by atoms with Crippen molar-refractivity contribution >= 4 is 39.5 Å². The zero-order valence-electron chi connectivity index (χ0n) is 7.75. The maximum atomic E-state index is 13.1. The van der Waals surface area contributed by atoms with Crippen LogP contribution in [0, 0.1) is 9.39 Å². The van der Waals surface area contributed by atoms with Crippen LogP contribution in [0.25, 0.3) is 10.9 Å². The Morgan fingerprint density at radius 2 is 2.12 bits per heavy atom. The Balaban J connectivity index is 2.95. The van der Waals surface area contributed by atoms with Gasteiger partial charge in [-0.3, -0.25) is 4.79 Å². The fourth-order valence-corrected chi connectivity index (χ4v) is 2.16. The van der Waals surface area contributed by atoms with Gasteiger partial charge in [-0.05, 0) is 34.7 Å². The van der Waals surface area contributed by atoms with E-state index in [1.54, 1.807) is 0 Å². The van der Waals surface area contributed by atoms with E-state index < -0.39 is 22.8 Å². The van der Waals surface area contributed by atoms with E-state index in [0.29, 0.717) is 9.09 Å². The third-order valence-electron chi connectivity index (χ3n) is 2.14. The number of H-pyrrole nitrogens is 1. The number of fused-ring (bicyclic) bond motifs is 1. The van der Waals surface area contributed by atoms with Crippen molar-refractivity contribution in [1.29, 1.82) is 0 Å². The summed E-state index contributed by atoms with van der Waals surface area (Å²) in [5.41, 5.74) is -0.635. The minimum absolute atomic E-state index is 0.0456. The number of benzene rings is 1. The number of hydrogen-bond donors (Lipinski definition) is 2. The normalized spacial score (nSPS) is 10.6. The van der Waals surface area contributed by atoms with Gasteiger partial charge in [0, 0.05) is 9.77 Å². The Morgan fingerprint density at radius 1 is 1.44 bits per heavy atom. The van der Waals surface area contributed by atoms with Gasteiger partial charge in [-0.2, -0.15) is 0 Å². The number of carbonyl (C=O) groups is 1. The molecule has 4 nitrogen and oxygen atoms in total. The number of rotatable bonds is 1. The molecule has 0 atom stereocenters. The molecule has 2 rings (SSSR count). The minimum atomic E-state index is -1.33. The van der Waals surface area contributed by atoms with Crippen molar-refractivity contribution in [2.45, 2.75) is 0 Å². The van der Waals surface area contributed by atoms with Gasteiger partial charge in [0.15, 0.2) is 0 Å². The molecule has 0 spiro atoms. The molecule has 16 heavy (non-hydrogen) atoms. The maximum absolute atomic E-state index is 13.1. The Morgan fingerprint density at radius 3 is 2.75 bits per heavy atom. The Kier molecular flexibility index (Phi) is 2.66. The quantitative estimate of drug-likeness (QED) is 0.784. The predicted molar refractivity (Wildman–Crippen MR) is 64.2 cm³/mol. The summed E-state index contributed by atoms with van der Waals surface area (Å²) >= 11 is 1.87. The van der Waals surface area contributed by atoms with Gasteiger partial charge in [0.25, 0.3) is 0 Å². The van der Waals surface area contributed by atoms with Crippen molar-refractivity contribution in [3.8, 4) is 0 Å². The number of halogens is 2. The van der Waals surface area contributed by atoms with Crippen LogP contribution in [0.2, 0.25) is 0 Å². The molecule has 0 aliphatic carbocycles. The first-order valence-electron chi connectivity index (χ1n) is 4.24. The average molecular weight is 333 g/mol. The standard InChI is InChI=1S/C10H5FINO3/c11-4-1-5-8(7(12)2-4)13-3-6(9(5)14)10(15)16/h1-3H,(H,13,14)(H,15,16). The molecular formula is C10H5FINO3. The molecule has 82 valence electrons. The number of aromatic carboxylic acids is 1. The summed E-state index contributed by atoms with van der Waals surface area (Å²) in [6.07, 6.45) is 1.12. The molecular weight excluding hydrogens is 328 g/mol. The summed E-state index contributed by atoms with van der Waals surface area (Å²) < 4.78 is 13.6. The highest BCUT2D eigenvalue weighted by molar-refractivity contribution is 14.1. The first kappa shape index (κ1) is 11.1. The highest BCUT2D eigenvalue weighted by Gasteiger charge is 2.13. The Bertz CT molecular complexity index is 650. The Hall–Kier alpha value is -1.44. The number of aromatic nitrogens is 1. The number of pyridine rings is 1. The van der Waals surface area contributed by atoms with Crippen molar-refractivity contribution in [1.82, 2.24) is 4.98 Å². The van der Waals surface area contributed by atoms with Crippen molar-refractivity contribution in [3.63, 3.8) is 0 Å². The number of carboxylic acids is 1. The molecule has 0 unspecified atom stereocenters. The summed E-state index contributed by atoms with van der Waals surface area (Å²) in [4.78, 5) is 25.1. The molecule has 1 aromatic heterocycles. The van der Waals surface area contributed by atoms with Crippen LogP contribution < -0.4 is 5.43 Å². The molecule has 1 aromatic carbocycles. The van der Waals surface area contributed by atoms with Crippen molar-refractivity contribution in [3.05, 3.63) is 43.5 Å². The van der Waals surface area contributed by atoms with Gasteiger partial charge in [0.1, 0.15) is 11.4 Å². The van der Waals surface area contributed by atoms with Crippen molar-refractivity contribution in [2.24, 2.45) is 0 Å². The minimum Gasteiger partial charge on any atom is -0.477 e. The second-order valence-electron chi connectivity index (χ2n) is 3.15. The lowest BCUT2D eigenvalue weighted by molar-refractivity contribution is 0.0695. The zero-order valence-corrected chi connectivity index (χ0v) is 9.91. The van der Waals surface area contributed by atoms with Gasteiger partial charge in [-0.25, -0.2) is 9.18 Å². The highest BCUT2D eigenvalue weighted by Crippen LogP contribution is 2.18. The fourth-order valence-electron chi connectivity index (χ4n) is 1.41. The highest BCUT2D eigenvalue weighted by atomic mass is 127. The predicted octanol–water partition coefficient (Wildman–Crippen LogP) is 1.97. The number of aromatic amines is 1. The first-order chi connectivity index (χ1) is 7.50. The third kappa shape index (κ3) is 1.69. The van der Waals surface area contributed by atoms with Crippen LogP contribution in [0.15, 0.2) is 23.1 Å². The van der Waals surface area contributed by atoms with E-state index in [9.17, 15) is 14.0 Å². The lowest BCUT2D eigenvalue weighted by atomic mass is 10.1. The SMILES string of the molecule is O=C(O)c1c[nH]c2c(I)cc(F)cc2c1=O. The average Bonchev–Trinajstić information content (AvgIpc) is 2.19. The van der Waals surface area contributed by atoms with E-state index in [4.69, 9.17) is 5.11 Å². The van der Waals surface area contributed by atoms with Crippen LogP contribution in [-0.2, 0) is 0 Å². The van der Waals surface area contributed by atoms with Crippen LogP contribution in [0.5, 0.6) is 0 Å². The molecule has 0 saturated heterocycles. The zero-order chi connectivity index (χ0) is 11.9. The molecule has 2 N–H and O–H groups in total. The number of carboxylic acid groups (broad SMARTS) is 1. The molecule has 0 radical (unpaired) electrons. The monoisotopic (exact) mass is 333 g/mol. The number of hydrogen-bond acceptors (Lipinski definition) is 2. The van der Waals surface area contributed by atoms with Gasteiger partial charge in [0.2, 0.25) is 5.43 Å². The van der Waals surface area contributed by atoms with Crippen LogP contribution in [-0.4, -0.2) is 16.1 Å². The van der Waals surface area contributed by atoms with Gasteiger partial charge in [0.05, 0.1) is 10.9 Å². The van der Waals surface area contributed by atoms with Gasteiger partial charge in [-0.15, -0.1) is 0 Å². The van der Waals surface area contributed by atoms with E-state index >= 15 is 0 Å². The Labute approximate surface area is 102 Å². The maximum Gasteiger partial charge on any atom is 0.341 e. The molecule has 6 heteroatoms. The van der Waals surface area contributed by atoms with Gasteiger partial charge in [-0.1, -0.05) is 0 Å². The first-order valence-corrected chi connectivity index (χ1v) is 5.32. The topological polar surface area (TPSA) is 70.2 Å². The molecule has 0 bridgehead atoms. The molecule has 0 aliphatic rings. The largest absolute Gasteiger partial charge is 0.477 e. The van der Waals surface area contributed by atoms with E-state index in [2.05, 4.69) is 4.98 Å². The molecule has 0 aliphatic heterocycles. The van der Waals surface area contributed by atoms with Crippen LogP contribution in [0.1, 0.15) is 10.4 Å². The fraction of sp³-hybridized carbons (Fsp3) is 0. The lowest BCUT2D eigenvalue weighted by Crippen LogP contribution is -2.15. The summed E-state index contributed by atoms with van der Waals surface area (Å²) in [5.74, 6) is -1.90. The van der Waals surface area contributed by atoms with Crippen LogP contribution in [0.4, 0.5) is 4.39 Å². The molecule has 1 heterocycles. The summed E-state index contributed by atoms with van der Waals surface area (Å²) in [7, 11) is 0. The van der Waals surface area contributed by atoms with E-state index in [0.717, 1.165) is 12.3 Å². The van der Waals surface area contributed by atoms with Crippen molar-refractivity contribution < 1.29 is 14.3 Å². The molecule has 0 saturated carbocycles. The molecule has 2 aromatic rings. The van der Waals surface area contributed by atoms with Crippen molar-refractivity contribution in [2.75, 3.05) is 0 Å².